The highest BCUT2D eigenvalue weighted by Crippen LogP contribution is 2.32. The van der Waals surface area contributed by atoms with E-state index in [9.17, 15) is 0 Å². The van der Waals surface area contributed by atoms with Gasteiger partial charge < -0.3 is 4.90 Å². The Morgan fingerprint density at radius 3 is 2.44 bits per heavy atom. The van der Waals surface area contributed by atoms with E-state index in [0.29, 0.717) is 17.9 Å². The molecule has 1 aliphatic carbocycles. The summed E-state index contributed by atoms with van der Waals surface area (Å²) in [5.41, 5.74) is 0. The van der Waals surface area contributed by atoms with E-state index in [0.717, 1.165) is 22.8 Å². The van der Waals surface area contributed by atoms with Crippen LogP contribution in [0.5, 0.6) is 0 Å². The van der Waals surface area contributed by atoms with Crippen LogP contribution in [0.25, 0.3) is 0 Å². The number of anilines is 1. The van der Waals surface area contributed by atoms with Crippen LogP contribution in [0.15, 0.2) is 10.7 Å². The number of rotatable bonds is 5. The van der Waals surface area contributed by atoms with E-state index in [1.807, 2.05) is 6.07 Å². The minimum atomic E-state index is 0.362. The average Bonchev–Trinajstić information content (AvgIpc) is 3.08. The summed E-state index contributed by atoms with van der Waals surface area (Å²) in [5, 5.41) is 0. The van der Waals surface area contributed by atoms with Gasteiger partial charge in [-0.1, -0.05) is 27.7 Å². The maximum absolute atomic E-state index is 4.73. The molecule has 1 heterocycles. The van der Waals surface area contributed by atoms with E-state index >= 15 is 0 Å². The zero-order valence-corrected chi connectivity index (χ0v) is 13.2. The Labute approximate surface area is 118 Å². The number of nitrogens with zero attached hydrogens (tertiary/aromatic N) is 3. The summed E-state index contributed by atoms with van der Waals surface area (Å²) < 4.78 is 0.894. The van der Waals surface area contributed by atoms with Crippen LogP contribution in [0.2, 0.25) is 0 Å². The van der Waals surface area contributed by atoms with Gasteiger partial charge in [-0.25, -0.2) is 9.97 Å². The first-order valence-electron chi connectivity index (χ1n) is 6.78. The van der Waals surface area contributed by atoms with Crippen molar-refractivity contribution in [1.29, 1.82) is 0 Å². The molecule has 0 saturated heterocycles. The first-order valence-corrected chi connectivity index (χ1v) is 7.57. The van der Waals surface area contributed by atoms with Gasteiger partial charge in [-0.05, 0) is 34.7 Å². The molecule has 0 spiro atoms. The van der Waals surface area contributed by atoms with Crippen LogP contribution < -0.4 is 4.90 Å². The second kappa shape index (κ2) is 5.55. The Morgan fingerprint density at radius 1 is 1.28 bits per heavy atom. The van der Waals surface area contributed by atoms with Crippen LogP contribution in [0, 0.1) is 5.92 Å². The predicted octanol–water partition coefficient (Wildman–Crippen LogP) is 3.99. The van der Waals surface area contributed by atoms with Crippen molar-refractivity contribution in [2.75, 3.05) is 11.4 Å². The van der Waals surface area contributed by atoms with Crippen molar-refractivity contribution < 1.29 is 0 Å². The molecule has 100 valence electrons. The van der Waals surface area contributed by atoms with Gasteiger partial charge in [0.1, 0.15) is 16.2 Å². The predicted molar refractivity (Wildman–Crippen MR) is 79.0 cm³/mol. The number of hydrogen-bond donors (Lipinski definition) is 0. The van der Waals surface area contributed by atoms with E-state index in [1.54, 1.807) is 0 Å². The van der Waals surface area contributed by atoms with Crippen LogP contribution in [-0.2, 0) is 0 Å². The van der Waals surface area contributed by atoms with Gasteiger partial charge in [-0.3, -0.25) is 0 Å². The van der Waals surface area contributed by atoms with Gasteiger partial charge in [-0.15, -0.1) is 0 Å². The summed E-state index contributed by atoms with van der Waals surface area (Å²) in [7, 11) is 0. The van der Waals surface area contributed by atoms with Gasteiger partial charge in [0.05, 0.1) is 0 Å². The lowest BCUT2D eigenvalue weighted by molar-refractivity contribution is 0.599. The summed E-state index contributed by atoms with van der Waals surface area (Å²) in [5.74, 6) is 3.02. The van der Waals surface area contributed by atoms with Crippen LogP contribution in [0.3, 0.4) is 0 Å². The fraction of sp³-hybridized carbons (Fsp3) is 0.714. The fourth-order valence-electron chi connectivity index (χ4n) is 2.04. The molecule has 1 fully saturated rings. The summed E-state index contributed by atoms with van der Waals surface area (Å²) in [6.07, 6.45) is 2.59. The fourth-order valence-corrected chi connectivity index (χ4v) is 2.42. The highest BCUT2D eigenvalue weighted by molar-refractivity contribution is 9.10. The SMILES string of the molecule is CC(C)CN(c1cc(Br)nc(C(C)C)n1)C1CC1. The average molecular weight is 312 g/mol. The summed E-state index contributed by atoms with van der Waals surface area (Å²) >= 11 is 3.51. The quantitative estimate of drug-likeness (QED) is 0.770. The molecule has 0 atom stereocenters. The van der Waals surface area contributed by atoms with Crippen molar-refractivity contribution in [2.24, 2.45) is 5.92 Å². The molecule has 1 saturated carbocycles. The second-order valence-electron chi connectivity index (χ2n) is 5.84. The largest absolute Gasteiger partial charge is 0.353 e. The maximum Gasteiger partial charge on any atom is 0.134 e. The molecular weight excluding hydrogens is 290 g/mol. The number of aromatic nitrogens is 2. The molecule has 4 heteroatoms. The molecule has 0 aromatic carbocycles. The van der Waals surface area contributed by atoms with Crippen molar-refractivity contribution in [3.05, 3.63) is 16.5 Å². The Hall–Kier alpha value is -0.640. The van der Waals surface area contributed by atoms with E-state index in [1.165, 1.54) is 12.8 Å². The molecule has 0 radical (unpaired) electrons. The molecule has 0 amide bonds. The molecule has 18 heavy (non-hydrogen) atoms. The van der Waals surface area contributed by atoms with Crippen molar-refractivity contribution in [3.63, 3.8) is 0 Å². The van der Waals surface area contributed by atoms with Crippen LogP contribution in [0.1, 0.15) is 52.3 Å². The molecule has 1 aliphatic rings. The number of halogens is 1. The second-order valence-corrected chi connectivity index (χ2v) is 6.65. The standard InChI is InChI=1S/C14H22BrN3/c1-9(2)8-18(11-5-6-11)13-7-12(15)16-14(17-13)10(3)4/h7,9-11H,5-6,8H2,1-4H3. The smallest absolute Gasteiger partial charge is 0.134 e. The van der Waals surface area contributed by atoms with Gasteiger partial charge in [0.2, 0.25) is 0 Å². The minimum absolute atomic E-state index is 0.362. The van der Waals surface area contributed by atoms with Crippen molar-refractivity contribution >= 4 is 21.7 Å². The van der Waals surface area contributed by atoms with Crippen molar-refractivity contribution in [2.45, 2.75) is 52.5 Å². The number of hydrogen-bond acceptors (Lipinski definition) is 3. The normalized spacial score (nSPS) is 15.5. The lowest BCUT2D eigenvalue weighted by Crippen LogP contribution is -2.31. The Bertz CT molecular complexity index is 414. The van der Waals surface area contributed by atoms with E-state index < -0.39 is 0 Å². The van der Waals surface area contributed by atoms with Gasteiger partial charge in [-0.2, -0.15) is 0 Å². The summed E-state index contributed by atoms with van der Waals surface area (Å²) in [6, 6.07) is 2.74. The lowest BCUT2D eigenvalue weighted by Gasteiger charge is -2.26. The lowest BCUT2D eigenvalue weighted by atomic mass is 10.2. The Balaban J connectivity index is 2.28. The molecule has 3 nitrogen and oxygen atoms in total. The third kappa shape index (κ3) is 3.44. The highest BCUT2D eigenvalue weighted by Gasteiger charge is 2.30. The van der Waals surface area contributed by atoms with Gasteiger partial charge in [0.15, 0.2) is 0 Å². The first kappa shape index (κ1) is 13.8. The third-order valence-corrected chi connectivity index (χ3v) is 3.47. The van der Waals surface area contributed by atoms with E-state index in [-0.39, 0.29) is 0 Å². The van der Waals surface area contributed by atoms with E-state index in [2.05, 4.69) is 53.5 Å². The van der Waals surface area contributed by atoms with Gasteiger partial charge >= 0.3 is 0 Å². The van der Waals surface area contributed by atoms with Crippen molar-refractivity contribution in [3.8, 4) is 0 Å². The Morgan fingerprint density at radius 2 is 1.94 bits per heavy atom. The van der Waals surface area contributed by atoms with Crippen LogP contribution >= 0.6 is 15.9 Å². The minimum Gasteiger partial charge on any atom is -0.353 e. The molecule has 0 unspecified atom stereocenters. The molecular formula is C14H22BrN3. The molecule has 0 aliphatic heterocycles. The van der Waals surface area contributed by atoms with Crippen molar-refractivity contribution in [1.82, 2.24) is 9.97 Å². The molecule has 1 aromatic rings. The zero-order valence-electron chi connectivity index (χ0n) is 11.7. The first-order chi connectivity index (χ1) is 8.47. The van der Waals surface area contributed by atoms with E-state index in [4.69, 9.17) is 4.98 Å². The molecule has 2 rings (SSSR count). The zero-order chi connectivity index (χ0) is 13.3. The Kier molecular flexibility index (Phi) is 4.25. The monoisotopic (exact) mass is 311 g/mol. The molecule has 0 N–H and O–H groups in total. The molecule has 0 bridgehead atoms. The summed E-state index contributed by atoms with van der Waals surface area (Å²) in [6.45, 7) is 9.86. The third-order valence-electron chi connectivity index (χ3n) is 3.06. The summed E-state index contributed by atoms with van der Waals surface area (Å²) in [4.78, 5) is 11.6. The highest BCUT2D eigenvalue weighted by atomic mass is 79.9. The topological polar surface area (TPSA) is 29.0 Å². The maximum atomic E-state index is 4.73. The van der Waals surface area contributed by atoms with Crippen LogP contribution in [-0.4, -0.2) is 22.6 Å². The molecule has 1 aromatic heterocycles. The van der Waals surface area contributed by atoms with Gasteiger partial charge in [0, 0.05) is 24.6 Å². The van der Waals surface area contributed by atoms with Gasteiger partial charge in [0.25, 0.3) is 0 Å². The van der Waals surface area contributed by atoms with Crippen LogP contribution in [0.4, 0.5) is 5.82 Å².